The van der Waals surface area contributed by atoms with Crippen molar-refractivity contribution in [1.29, 1.82) is 0 Å². The maximum absolute atomic E-state index is 13.8. The zero-order valence-electron chi connectivity index (χ0n) is 8.89. The highest BCUT2D eigenvalue weighted by Gasteiger charge is 2.49. The third-order valence-electron chi connectivity index (χ3n) is 3.38. The minimum absolute atomic E-state index is 0.160. The van der Waals surface area contributed by atoms with Gasteiger partial charge in [-0.2, -0.15) is 0 Å². The number of hydrogen-bond acceptors (Lipinski definition) is 1. The Kier molecular flexibility index (Phi) is 2.66. The summed E-state index contributed by atoms with van der Waals surface area (Å²) >= 11 is 6.04. The van der Waals surface area contributed by atoms with Crippen molar-refractivity contribution in [3.63, 3.8) is 0 Å². The number of carboxylic acids is 1. The fourth-order valence-electron chi connectivity index (χ4n) is 2.20. The number of benzene rings is 1. The Morgan fingerprint density at radius 3 is 2.56 bits per heavy atom. The second-order valence-corrected chi connectivity index (χ2v) is 4.67. The molecule has 1 aliphatic rings. The van der Waals surface area contributed by atoms with Gasteiger partial charge in [-0.05, 0) is 31.4 Å². The Bertz CT molecular complexity index is 453. The van der Waals surface area contributed by atoms with Gasteiger partial charge in [-0.3, -0.25) is 4.79 Å². The summed E-state index contributed by atoms with van der Waals surface area (Å²) in [6, 6.07) is 2.86. The van der Waals surface area contributed by atoms with Crippen LogP contribution in [-0.4, -0.2) is 11.1 Å². The molecular formula is C12H12ClFO2. The molecule has 0 bridgehead atoms. The monoisotopic (exact) mass is 242 g/mol. The highest BCUT2D eigenvalue weighted by Crippen LogP contribution is 2.48. The fraction of sp³-hybridized carbons (Fsp3) is 0.417. The average molecular weight is 243 g/mol. The SMILES string of the molecule is Cc1ccc(F)c(C2(C(=O)O)CCC2)c1Cl. The lowest BCUT2D eigenvalue weighted by atomic mass is 9.64. The maximum atomic E-state index is 13.8. The first-order chi connectivity index (χ1) is 7.49. The van der Waals surface area contributed by atoms with Gasteiger partial charge in [0.25, 0.3) is 0 Å². The molecule has 1 aliphatic carbocycles. The molecule has 0 spiro atoms. The van der Waals surface area contributed by atoms with Gasteiger partial charge in [0, 0.05) is 5.56 Å². The Labute approximate surface area is 98.0 Å². The van der Waals surface area contributed by atoms with E-state index in [1.807, 2.05) is 0 Å². The highest BCUT2D eigenvalue weighted by molar-refractivity contribution is 6.32. The third-order valence-corrected chi connectivity index (χ3v) is 3.87. The third kappa shape index (κ3) is 1.42. The highest BCUT2D eigenvalue weighted by atomic mass is 35.5. The van der Waals surface area contributed by atoms with Crippen LogP contribution in [0, 0.1) is 12.7 Å². The summed E-state index contributed by atoms with van der Waals surface area (Å²) in [4.78, 5) is 11.3. The van der Waals surface area contributed by atoms with E-state index in [9.17, 15) is 14.3 Å². The first-order valence-corrected chi connectivity index (χ1v) is 5.55. The van der Waals surface area contributed by atoms with E-state index >= 15 is 0 Å². The summed E-state index contributed by atoms with van der Waals surface area (Å²) in [6.45, 7) is 1.75. The van der Waals surface area contributed by atoms with E-state index in [-0.39, 0.29) is 10.6 Å². The van der Waals surface area contributed by atoms with Crippen molar-refractivity contribution in [2.75, 3.05) is 0 Å². The summed E-state index contributed by atoms with van der Waals surface area (Å²) < 4.78 is 13.8. The van der Waals surface area contributed by atoms with Gasteiger partial charge in [0.15, 0.2) is 0 Å². The second kappa shape index (κ2) is 3.74. The van der Waals surface area contributed by atoms with Crippen LogP contribution < -0.4 is 0 Å². The van der Waals surface area contributed by atoms with Gasteiger partial charge in [-0.25, -0.2) is 4.39 Å². The molecule has 16 heavy (non-hydrogen) atoms. The van der Waals surface area contributed by atoms with Gasteiger partial charge < -0.3 is 5.11 Å². The lowest BCUT2D eigenvalue weighted by Gasteiger charge is -2.39. The zero-order valence-corrected chi connectivity index (χ0v) is 9.64. The predicted octanol–water partition coefficient (Wildman–Crippen LogP) is 3.29. The van der Waals surface area contributed by atoms with Gasteiger partial charge in [0.2, 0.25) is 0 Å². The van der Waals surface area contributed by atoms with Crippen LogP contribution in [0.4, 0.5) is 4.39 Å². The number of aryl methyl sites for hydroxylation is 1. The van der Waals surface area contributed by atoms with Gasteiger partial charge in [0.05, 0.1) is 10.4 Å². The lowest BCUT2D eigenvalue weighted by Crippen LogP contribution is -2.43. The van der Waals surface area contributed by atoms with Gasteiger partial charge >= 0.3 is 5.97 Å². The van der Waals surface area contributed by atoms with Crippen molar-refractivity contribution >= 4 is 17.6 Å². The largest absolute Gasteiger partial charge is 0.481 e. The first kappa shape index (κ1) is 11.4. The van der Waals surface area contributed by atoms with Crippen molar-refractivity contribution in [3.8, 4) is 0 Å². The van der Waals surface area contributed by atoms with Crippen LogP contribution in [0.3, 0.4) is 0 Å². The molecule has 1 saturated carbocycles. The van der Waals surface area contributed by atoms with Crippen LogP contribution >= 0.6 is 11.6 Å². The van der Waals surface area contributed by atoms with E-state index in [0.717, 1.165) is 6.42 Å². The van der Waals surface area contributed by atoms with Crippen molar-refractivity contribution in [2.45, 2.75) is 31.6 Å². The Morgan fingerprint density at radius 1 is 1.50 bits per heavy atom. The maximum Gasteiger partial charge on any atom is 0.314 e. The average Bonchev–Trinajstić information content (AvgIpc) is 2.15. The van der Waals surface area contributed by atoms with E-state index in [0.29, 0.717) is 18.4 Å². The Balaban J connectivity index is 2.63. The van der Waals surface area contributed by atoms with E-state index in [2.05, 4.69) is 0 Å². The van der Waals surface area contributed by atoms with Crippen LogP contribution in [0.25, 0.3) is 0 Å². The van der Waals surface area contributed by atoms with Gasteiger partial charge in [-0.1, -0.05) is 24.1 Å². The Hall–Kier alpha value is -1.09. The second-order valence-electron chi connectivity index (χ2n) is 4.29. The zero-order chi connectivity index (χ0) is 11.9. The summed E-state index contributed by atoms with van der Waals surface area (Å²) in [5, 5.41) is 9.50. The van der Waals surface area contributed by atoms with Crippen molar-refractivity contribution in [3.05, 3.63) is 34.1 Å². The number of halogens is 2. The smallest absolute Gasteiger partial charge is 0.314 e. The molecule has 0 atom stereocenters. The summed E-state index contributed by atoms with van der Waals surface area (Å²) in [5.41, 5.74) is -0.230. The molecule has 2 rings (SSSR count). The van der Waals surface area contributed by atoms with E-state index in [1.165, 1.54) is 6.07 Å². The molecule has 1 aromatic carbocycles. The molecule has 4 heteroatoms. The summed E-state index contributed by atoms with van der Waals surface area (Å²) in [5.74, 6) is -1.50. The number of aliphatic carboxylic acids is 1. The molecule has 0 unspecified atom stereocenters. The standard InChI is InChI=1S/C12H12ClFO2/c1-7-3-4-8(14)9(10(7)13)12(11(15)16)5-2-6-12/h3-4H,2,5-6H2,1H3,(H,15,16). The van der Waals surface area contributed by atoms with Crippen LogP contribution in [0.1, 0.15) is 30.4 Å². The molecule has 0 saturated heterocycles. The van der Waals surface area contributed by atoms with E-state index in [4.69, 9.17) is 11.6 Å². The number of hydrogen-bond donors (Lipinski definition) is 1. The normalized spacial score (nSPS) is 17.9. The molecule has 1 fully saturated rings. The van der Waals surface area contributed by atoms with Crippen molar-refractivity contribution in [1.82, 2.24) is 0 Å². The van der Waals surface area contributed by atoms with Crippen molar-refractivity contribution < 1.29 is 14.3 Å². The van der Waals surface area contributed by atoms with Gasteiger partial charge in [0.1, 0.15) is 5.82 Å². The minimum Gasteiger partial charge on any atom is -0.481 e. The number of rotatable bonds is 2. The number of carbonyl (C=O) groups is 1. The van der Waals surface area contributed by atoms with Crippen molar-refractivity contribution in [2.24, 2.45) is 0 Å². The van der Waals surface area contributed by atoms with E-state index < -0.39 is 17.2 Å². The molecule has 2 nitrogen and oxygen atoms in total. The lowest BCUT2D eigenvalue weighted by molar-refractivity contribution is -0.147. The summed E-state index contributed by atoms with van der Waals surface area (Å²) in [7, 11) is 0. The molecule has 0 aliphatic heterocycles. The molecule has 0 radical (unpaired) electrons. The number of carboxylic acid groups (broad SMARTS) is 1. The minimum atomic E-state index is -1.10. The van der Waals surface area contributed by atoms with Crippen LogP contribution in [0.5, 0.6) is 0 Å². The summed E-state index contributed by atoms with van der Waals surface area (Å²) in [6.07, 6.45) is 1.72. The first-order valence-electron chi connectivity index (χ1n) is 5.17. The van der Waals surface area contributed by atoms with Crippen LogP contribution in [-0.2, 0) is 10.2 Å². The molecule has 86 valence electrons. The molecule has 0 heterocycles. The van der Waals surface area contributed by atoms with Crippen LogP contribution in [0.2, 0.25) is 5.02 Å². The molecule has 1 N–H and O–H groups in total. The quantitative estimate of drug-likeness (QED) is 0.864. The molecule has 0 aromatic heterocycles. The molecular weight excluding hydrogens is 231 g/mol. The molecule has 1 aromatic rings. The molecule has 0 amide bonds. The fourth-order valence-corrected chi connectivity index (χ4v) is 2.53. The van der Waals surface area contributed by atoms with Crippen LogP contribution in [0.15, 0.2) is 12.1 Å². The van der Waals surface area contributed by atoms with Gasteiger partial charge in [-0.15, -0.1) is 0 Å². The Morgan fingerprint density at radius 2 is 2.12 bits per heavy atom. The van der Waals surface area contributed by atoms with E-state index in [1.54, 1.807) is 13.0 Å². The topological polar surface area (TPSA) is 37.3 Å². The predicted molar refractivity (Wildman–Crippen MR) is 59.3 cm³/mol.